The molecule has 1 aromatic rings. The molecule has 0 atom stereocenters. The Bertz CT molecular complexity index is 401. The highest BCUT2D eigenvalue weighted by Gasteiger charge is 2.08. The second-order valence-corrected chi connectivity index (χ2v) is 6.84. The third-order valence-electron chi connectivity index (χ3n) is 2.93. The molecule has 97 valence electrons. The number of nitrogens with zero attached hydrogens (tertiary/aromatic N) is 2. The Morgan fingerprint density at radius 1 is 1.28 bits per heavy atom. The van der Waals surface area contributed by atoms with E-state index in [1.807, 2.05) is 24.5 Å². The van der Waals surface area contributed by atoms with Crippen molar-refractivity contribution in [1.29, 1.82) is 0 Å². The first-order chi connectivity index (χ1) is 8.75. The van der Waals surface area contributed by atoms with Gasteiger partial charge >= 0.3 is 0 Å². The zero-order chi connectivity index (χ0) is 12.8. The van der Waals surface area contributed by atoms with Gasteiger partial charge in [0, 0.05) is 18.7 Å². The molecule has 1 aromatic carbocycles. The average molecular weight is 261 g/mol. The van der Waals surface area contributed by atoms with Gasteiger partial charge in [0.15, 0.2) is 0 Å². The van der Waals surface area contributed by atoms with Gasteiger partial charge in [-0.25, -0.2) is 0 Å². The lowest BCUT2D eigenvalue weighted by Gasteiger charge is -2.13. The van der Waals surface area contributed by atoms with Crippen LogP contribution in [0.25, 0.3) is 0 Å². The molecule has 0 spiro atoms. The molecule has 0 unspecified atom stereocenters. The van der Waals surface area contributed by atoms with Gasteiger partial charge in [0.25, 0.3) is 9.04 Å². The molecule has 1 saturated heterocycles. The minimum absolute atomic E-state index is 0.710. The van der Waals surface area contributed by atoms with E-state index in [0.29, 0.717) is 6.54 Å². The lowest BCUT2D eigenvalue weighted by atomic mass is 10.2. The first-order valence-electron chi connectivity index (χ1n) is 6.55. The van der Waals surface area contributed by atoms with Gasteiger partial charge < -0.3 is 9.33 Å². The van der Waals surface area contributed by atoms with Crippen LogP contribution in [0.4, 0.5) is 0 Å². The summed E-state index contributed by atoms with van der Waals surface area (Å²) in [5, 5.41) is 0. The summed E-state index contributed by atoms with van der Waals surface area (Å²) >= 11 is 0. The zero-order valence-electron chi connectivity index (χ0n) is 11.2. The van der Waals surface area contributed by atoms with Crippen LogP contribution in [-0.4, -0.2) is 33.4 Å². The first-order valence-corrected chi connectivity index (χ1v) is 8.96. The Balaban J connectivity index is 1.95. The highest BCUT2D eigenvalue weighted by atomic mass is 28.3. The van der Waals surface area contributed by atoms with Crippen LogP contribution in [0, 0.1) is 0 Å². The second-order valence-electron chi connectivity index (χ2n) is 4.82. The van der Waals surface area contributed by atoms with Crippen LogP contribution >= 0.6 is 0 Å². The van der Waals surface area contributed by atoms with Gasteiger partial charge in [-0.3, -0.25) is 4.99 Å². The molecule has 0 saturated carbocycles. The Hall–Kier alpha value is -1.29. The van der Waals surface area contributed by atoms with Gasteiger partial charge in [-0.1, -0.05) is 18.2 Å². The molecule has 1 radical (unpaired) electrons. The van der Waals surface area contributed by atoms with E-state index in [-0.39, 0.29) is 0 Å². The number of hydrogen-bond donors (Lipinski definition) is 0. The van der Waals surface area contributed by atoms with Gasteiger partial charge in [-0.2, -0.15) is 0 Å². The van der Waals surface area contributed by atoms with Crippen LogP contribution in [0.5, 0.6) is 5.75 Å². The summed E-state index contributed by atoms with van der Waals surface area (Å²) in [6.07, 6.45) is 4.58. The monoisotopic (exact) mass is 261 g/mol. The Morgan fingerprint density at radius 3 is 2.72 bits per heavy atom. The van der Waals surface area contributed by atoms with Crippen molar-refractivity contribution < 1.29 is 4.43 Å². The molecule has 0 amide bonds. The molecule has 1 aliphatic rings. The molecular formula is C14H21N2OSi. The van der Waals surface area contributed by atoms with E-state index in [4.69, 9.17) is 4.43 Å². The summed E-state index contributed by atoms with van der Waals surface area (Å²) in [4.78, 5) is 6.81. The quantitative estimate of drug-likeness (QED) is 0.462. The predicted octanol–water partition coefficient (Wildman–Crippen LogP) is 2.94. The SMILES string of the molecule is C[Si](C)Oc1ccccc1CN=CN1CCCC1. The largest absolute Gasteiger partial charge is 0.542 e. The van der Waals surface area contributed by atoms with E-state index in [1.165, 1.54) is 18.4 Å². The van der Waals surface area contributed by atoms with Crippen molar-refractivity contribution >= 4 is 15.4 Å². The average Bonchev–Trinajstić information content (AvgIpc) is 2.84. The van der Waals surface area contributed by atoms with Crippen LogP contribution in [0.3, 0.4) is 0 Å². The summed E-state index contributed by atoms with van der Waals surface area (Å²) in [7, 11) is -0.711. The van der Waals surface area contributed by atoms with E-state index < -0.39 is 9.04 Å². The number of hydrogen-bond acceptors (Lipinski definition) is 2. The Morgan fingerprint density at radius 2 is 2.00 bits per heavy atom. The van der Waals surface area contributed by atoms with Crippen LogP contribution in [0.15, 0.2) is 29.3 Å². The van der Waals surface area contributed by atoms with Crippen LogP contribution in [0.2, 0.25) is 13.1 Å². The third kappa shape index (κ3) is 3.87. The normalized spacial score (nSPS) is 15.8. The van der Waals surface area contributed by atoms with Crippen molar-refractivity contribution in [1.82, 2.24) is 4.90 Å². The summed E-state index contributed by atoms with van der Waals surface area (Å²) in [5.41, 5.74) is 1.18. The molecule has 0 N–H and O–H groups in total. The maximum atomic E-state index is 5.88. The predicted molar refractivity (Wildman–Crippen MR) is 77.6 cm³/mol. The number of aliphatic imine (C=N–C) groups is 1. The van der Waals surface area contributed by atoms with Gasteiger partial charge in [0.05, 0.1) is 12.9 Å². The molecule has 0 aliphatic carbocycles. The summed E-state index contributed by atoms with van der Waals surface area (Å²) in [5.74, 6) is 0.995. The second kappa shape index (κ2) is 6.59. The zero-order valence-corrected chi connectivity index (χ0v) is 12.2. The van der Waals surface area contributed by atoms with Gasteiger partial charge in [-0.15, -0.1) is 0 Å². The molecule has 1 fully saturated rings. The molecule has 3 nitrogen and oxygen atoms in total. The van der Waals surface area contributed by atoms with Crippen molar-refractivity contribution in [3.05, 3.63) is 29.8 Å². The highest BCUT2D eigenvalue weighted by molar-refractivity contribution is 6.49. The maximum Gasteiger partial charge on any atom is 0.274 e. The Kier molecular flexibility index (Phi) is 4.81. The summed E-state index contributed by atoms with van der Waals surface area (Å²) in [6.45, 7) is 7.31. The number of likely N-dealkylation sites (tertiary alicyclic amines) is 1. The van der Waals surface area contributed by atoms with E-state index in [0.717, 1.165) is 18.8 Å². The minimum atomic E-state index is -0.711. The minimum Gasteiger partial charge on any atom is -0.542 e. The van der Waals surface area contributed by atoms with Crippen LogP contribution < -0.4 is 4.43 Å². The molecule has 1 aliphatic heterocycles. The summed E-state index contributed by atoms with van der Waals surface area (Å²) in [6, 6.07) is 8.21. The van der Waals surface area contributed by atoms with Gasteiger partial charge in [-0.05, 0) is 32.0 Å². The molecule has 0 aromatic heterocycles. The smallest absolute Gasteiger partial charge is 0.274 e. The number of rotatable bonds is 5. The van der Waals surface area contributed by atoms with E-state index in [9.17, 15) is 0 Å². The fourth-order valence-corrected chi connectivity index (χ4v) is 2.70. The molecule has 18 heavy (non-hydrogen) atoms. The van der Waals surface area contributed by atoms with E-state index >= 15 is 0 Å². The number of para-hydroxylation sites is 1. The third-order valence-corrected chi connectivity index (χ3v) is 3.56. The topological polar surface area (TPSA) is 24.8 Å². The van der Waals surface area contributed by atoms with Gasteiger partial charge in [0.2, 0.25) is 0 Å². The molecular weight excluding hydrogens is 240 g/mol. The summed E-state index contributed by atoms with van der Waals surface area (Å²) < 4.78 is 5.88. The van der Waals surface area contributed by atoms with E-state index in [2.05, 4.69) is 29.1 Å². The van der Waals surface area contributed by atoms with Gasteiger partial charge in [0.1, 0.15) is 5.75 Å². The van der Waals surface area contributed by atoms with Crippen LogP contribution in [-0.2, 0) is 6.54 Å². The maximum absolute atomic E-state index is 5.88. The van der Waals surface area contributed by atoms with Crippen molar-refractivity contribution in [2.24, 2.45) is 4.99 Å². The lowest BCUT2D eigenvalue weighted by Crippen LogP contribution is -2.16. The fraction of sp³-hybridized carbons (Fsp3) is 0.500. The fourth-order valence-electron chi connectivity index (χ4n) is 2.07. The molecule has 0 bridgehead atoms. The molecule has 4 heteroatoms. The van der Waals surface area contributed by atoms with E-state index in [1.54, 1.807) is 0 Å². The van der Waals surface area contributed by atoms with Crippen molar-refractivity contribution in [2.45, 2.75) is 32.5 Å². The standard InChI is InChI=1S/C14H21N2OSi/c1-18(2)17-14-8-4-3-7-13(14)11-15-12-16-9-5-6-10-16/h3-4,7-8,12H,5-6,9-11H2,1-2H3. The lowest BCUT2D eigenvalue weighted by molar-refractivity contribution is 0.532. The Labute approximate surface area is 111 Å². The van der Waals surface area contributed by atoms with Crippen molar-refractivity contribution in [3.8, 4) is 5.75 Å². The number of benzene rings is 1. The highest BCUT2D eigenvalue weighted by Crippen LogP contribution is 2.19. The van der Waals surface area contributed by atoms with Crippen molar-refractivity contribution in [3.63, 3.8) is 0 Å². The first kappa shape index (κ1) is 13.1. The molecule has 1 heterocycles. The molecule has 2 rings (SSSR count). The van der Waals surface area contributed by atoms with Crippen molar-refractivity contribution in [2.75, 3.05) is 13.1 Å². The van der Waals surface area contributed by atoms with Crippen LogP contribution in [0.1, 0.15) is 18.4 Å².